The predicted octanol–water partition coefficient (Wildman–Crippen LogP) is 2.81. The van der Waals surface area contributed by atoms with E-state index in [1.54, 1.807) is 0 Å². The molecule has 0 aliphatic heterocycles. The second-order valence-corrected chi connectivity index (χ2v) is 8.41. The van der Waals surface area contributed by atoms with Gasteiger partial charge < -0.3 is 4.98 Å². The number of H-pyrrole nitrogens is 1. The lowest BCUT2D eigenvalue weighted by molar-refractivity contribution is 0.580. The molecule has 0 saturated heterocycles. The zero-order chi connectivity index (χ0) is 18.7. The van der Waals surface area contributed by atoms with Crippen molar-refractivity contribution in [2.45, 2.75) is 26.0 Å². The van der Waals surface area contributed by atoms with E-state index in [1.165, 1.54) is 0 Å². The molecule has 1 aromatic heterocycles. The summed E-state index contributed by atoms with van der Waals surface area (Å²) < 4.78 is 27.0. The second-order valence-electron chi connectivity index (χ2n) is 6.60. The van der Waals surface area contributed by atoms with E-state index in [9.17, 15) is 13.2 Å². The Kier molecular flexibility index (Phi) is 5.25. The smallest absolute Gasteiger partial charge is 0.251 e. The number of hydrogen-bond donors (Lipinski definition) is 2. The molecule has 3 aromatic rings. The van der Waals surface area contributed by atoms with E-state index >= 15 is 0 Å². The van der Waals surface area contributed by atoms with E-state index in [1.807, 2.05) is 62.4 Å². The summed E-state index contributed by atoms with van der Waals surface area (Å²) in [6.07, 6.45) is 0.340. The third-order valence-electron chi connectivity index (χ3n) is 4.27. The largest absolute Gasteiger partial charge is 0.322 e. The maximum Gasteiger partial charge on any atom is 0.251 e. The lowest BCUT2D eigenvalue weighted by atomic mass is 10.1. The van der Waals surface area contributed by atoms with Crippen LogP contribution in [0.15, 0.2) is 53.3 Å². The van der Waals surface area contributed by atoms with Crippen molar-refractivity contribution >= 4 is 20.9 Å². The molecule has 2 N–H and O–H groups in total. The Morgan fingerprint density at radius 2 is 1.65 bits per heavy atom. The summed E-state index contributed by atoms with van der Waals surface area (Å²) in [5.41, 5.74) is 4.10. The van der Waals surface area contributed by atoms with Crippen LogP contribution in [0.3, 0.4) is 0 Å². The molecule has 0 aliphatic carbocycles. The van der Waals surface area contributed by atoms with Crippen LogP contribution in [0.1, 0.15) is 22.3 Å². The van der Waals surface area contributed by atoms with Gasteiger partial charge in [0.25, 0.3) is 5.56 Å². The second kappa shape index (κ2) is 7.43. The van der Waals surface area contributed by atoms with E-state index in [0.717, 1.165) is 27.6 Å². The summed E-state index contributed by atoms with van der Waals surface area (Å²) in [7, 11) is -3.44. The Labute approximate surface area is 153 Å². The topological polar surface area (TPSA) is 79.0 Å². The molecule has 2 aromatic carbocycles. The van der Waals surface area contributed by atoms with Crippen molar-refractivity contribution in [3.63, 3.8) is 0 Å². The summed E-state index contributed by atoms with van der Waals surface area (Å²) in [5, 5.41) is 0.946. The quantitative estimate of drug-likeness (QED) is 0.700. The van der Waals surface area contributed by atoms with E-state index in [0.29, 0.717) is 12.0 Å². The molecule has 6 heteroatoms. The SMILES string of the molecule is Cc1ccc(CS(=O)(=O)NCCc2cc3cc(C)ccc3[nH]c2=O)cc1. The van der Waals surface area contributed by atoms with Crippen molar-refractivity contribution in [3.8, 4) is 0 Å². The molecule has 0 atom stereocenters. The Morgan fingerprint density at radius 3 is 2.38 bits per heavy atom. The number of aryl methyl sites for hydroxylation is 2. The highest BCUT2D eigenvalue weighted by molar-refractivity contribution is 7.88. The molecular formula is C20H22N2O3S. The zero-order valence-electron chi connectivity index (χ0n) is 14.9. The number of hydrogen-bond acceptors (Lipinski definition) is 3. The van der Waals surface area contributed by atoms with Gasteiger partial charge in [-0.2, -0.15) is 0 Å². The lowest BCUT2D eigenvalue weighted by Crippen LogP contribution is -2.28. The fourth-order valence-corrected chi connectivity index (χ4v) is 4.00. The molecule has 0 fully saturated rings. The van der Waals surface area contributed by atoms with Crippen molar-refractivity contribution in [3.05, 3.63) is 81.1 Å². The summed E-state index contributed by atoms with van der Waals surface area (Å²) >= 11 is 0. The van der Waals surface area contributed by atoms with Gasteiger partial charge in [-0.1, -0.05) is 41.5 Å². The van der Waals surface area contributed by atoms with Gasteiger partial charge in [0.15, 0.2) is 0 Å². The fourth-order valence-electron chi connectivity index (χ4n) is 2.85. The molecule has 0 radical (unpaired) electrons. The van der Waals surface area contributed by atoms with Gasteiger partial charge in [0.1, 0.15) is 0 Å². The maximum absolute atomic E-state index is 12.2. The Bertz CT molecular complexity index is 1080. The molecule has 136 valence electrons. The first-order chi connectivity index (χ1) is 12.3. The Morgan fingerprint density at radius 1 is 0.962 bits per heavy atom. The molecule has 0 unspecified atom stereocenters. The van der Waals surface area contributed by atoms with E-state index in [2.05, 4.69) is 9.71 Å². The van der Waals surface area contributed by atoms with Crippen molar-refractivity contribution < 1.29 is 8.42 Å². The van der Waals surface area contributed by atoms with Gasteiger partial charge in [-0.05, 0) is 49.4 Å². The highest BCUT2D eigenvalue weighted by Crippen LogP contribution is 2.13. The van der Waals surface area contributed by atoms with Crippen LogP contribution >= 0.6 is 0 Å². The molecule has 1 heterocycles. The van der Waals surface area contributed by atoms with Crippen LogP contribution in [0.5, 0.6) is 0 Å². The maximum atomic E-state index is 12.2. The molecular weight excluding hydrogens is 348 g/mol. The minimum atomic E-state index is -3.44. The number of fused-ring (bicyclic) bond motifs is 1. The van der Waals surface area contributed by atoms with Gasteiger partial charge in [-0.25, -0.2) is 13.1 Å². The highest BCUT2D eigenvalue weighted by Gasteiger charge is 2.12. The van der Waals surface area contributed by atoms with Crippen molar-refractivity contribution in [2.75, 3.05) is 6.54 Å². The highest BCUT2D eigenvalue weighted by atomic mass is 32.2. The van der Waals surface area contributed by atoms with Crippen LogP contribution < -0.4 is 10.3 Å². The summed E-state index contributed by atoms with van der Waals surface area (Å²) in [5.74, 6) is -0.0689. The number of rotatable bonds is 6. The van der Waals surface area contributed by atoms with Crippen LogP contribution in [0, 0.1) is 13.8 Å². The van der Waals surface area contributed by atoms with Crippen LogP contribution in [0.4, 0.5) is 0 Å². The molecule has 5 nitrogen and oxygen atoms in total. The average molecular weight is 370 g/mol. The van der Waals surface area contributed by atoms with Crippen LogP contribution in [-0.4, -0.2) is 19.9 Å². The first-order valence-electron chi connectivity index (χ1n) is 8.48. The predicted molar refractivity (Wildman–Crippen MR) is 105 cm³/mol. The number of aromatic amines is 1. The normalized spacial score (nSPS) is 11.8. The first kappa shape index (κ1) is 18.4. The summed E-state index contributed by atoms with van der Waals surface area (Å²) in [6, 6.07) is 15.0. The van der Waals surface area contributed by atoms with Gasteiger partial charge in [0, 0.05) is 17.6 Å². The molecule has 0 saturated carbocycles. The first-order valence-corrected chi connectivity index (χ1v) is 10.1. The standard InChI is InChI=1S/C20H22N2O3S/c1-14-3-6-16(7-4-14)13-26(24,25)21-10-9-17-12-18-11-15(2)5-8-19(18)22-20(17)23/h3-8,11-12,21H,9-10,13H2,1-2H3,(H,22,23). The number of aromatic nitrogens is 1. The zero-order valence-corrected chi connectivity index (χ0v) is 15.7. The number of sulfonamides is 1. The van der Waals surface area contributed by atoms with E-state index in [-0.39, 0.29) is 17.9 Å². The Balaban J connectivity index is 1.67. The van der Waals surface area contributed by atoms with Crippen LogP contribution in [-0.2, 0) is 22.2 Å². The molecule has 0 spiro atoms. The van der Waals surface area contributed by atoms with Gasteiger partial charge in [0.2, 0.25) is 10.0 Å². The molecule has 26 heavy (non-hydrogen) atoms. The third kappa shape index (κ3) is 4.59. The third-order valence-corrected chi connectivity index (χ3v) is 5.63. The van der Waals surface area contributed by atoms with Gasteiger partial charge in [-0.3, -0.25) is 4.79 Å². The van der Waals surface area contributed by atoms with Crippen molar-refractivity contribution in [1.82, 2.24) is 9.71 Å². The number of nitrogens with one attached hydrogen (secondary N) is 2. The monoisotopic (exact) mass is 370 g/mol. The summed E-state index contributed by atoms with van der Waals surface area (Å²) in [6.45, 7) is 4.14. The van der Waals surface area contributed by atoms with Crippen LogP contribution in [0.2, 0.25) is 0 Å². The van der Waals surface area contributed by atoms with Gasteiger partial charge >= 0.3 is 0 Å². The van der Waals surface area contributed by atoms with Gasteiger partial charge in [-0.15, -0.1) is 0 Å². The number of benzene rings is 2. The Hall–Kier alpha value is -2.44. The summed E-state index contributed by atoms with van der Waals surface area (Å²) in [4.78, 5) is 15.0. The molecule has 0 bridgehead atoms. The molecule has 3 rings (SSSR count). The fraction of sp³-hybridized carbons (Fsp3) is 0.250. The molecule has 0 amide bonds. The van der Waals surface area contributed by atoms with Crippen molar-refractivity contribution in [1.29, 1.82) is 0 Å². The van der Waals surface area contributed by atoms with Crippen molar-refractivity contribution in [2.24, 2.45) is 0 Å². The van der Waals surface area contributed by atoms with E-state index in [4.69, 9.17) is 0 Å². The van der Waals surface area contributed by atoms with E-state index < -0.39 is 10.0 Å². The average Bonchev–Trinajstić information content (AvgIpc) is 2.57. The minimum absolute atomic E-state index is 0.0689. The number of pyridine rings is 1. The van der Waals surface area contributed by atoms with Gasteiger partial charge in [0.05, 0.1) is 5.75 Å². The molecule has 0 aliphatic rings. The van der Waals surface area contributed by atoms with Crippen LogP contribution in [0.25, 0.3) is 10.9 Å². The minimum Gasteiger partial charge on any atom is -0.322 e. The lowest BCUT2D eigenvalue weighted by Gasteiger charge is -2.08.